The van der Waals surface area contributed by atoms with E-state index < -0.39 is 0 Å². The van der Waals surface area contributed by atoms with Crippen LogP contribution in [0, 0.1) is 6.92 Å². The van der Waals surface area contributed by atoms with Crippen molar-refractivity contribution in [2.24, 2.45) is 0 Å². The maximum Gasteiger partial charge on any atom is 0.221 e. The Labute approximate surface area is 143 Å². The minimum atomic E-state index is 0.0745. The summed E-state index contributed by atoms with van der Waals surface area (Å²) in [6.07, 6.45) is 1.43. The van der Waals surface area contributed by atoms with Crippen molar-refractivity contribution in [3.63, 3.8) is 0 Å². The van der Waals surface area contributed by atoms with Crippen molar-refractivity contribution in [1.29, 1.82) is 0 Å². The molecule has 0 unspecified atom stereocenters. The lowest BCUT2D eigenvalue weighted by molar-refractivity contribution is -0.121. The van der Waals surface area contributed by atoms with Crippen LogP contribution in [0.25, 0.3) is 0 Å². The summed E-state index contributed by atoms with van der Waals surface area (Å²) in [5.74, 6) is 0.0745. The zero-order valence-corrected chi connectivity index (χ0v) is 14.2. The molecule has 0 radical (unpaired) electrons. The van der Waals surface area contributed by atoms with Gasteiger partial charge in [0.1, 0.15) is 0 Å². The van der Waals surface area contributed by atoms with Gasteiger partial charge in [-0.1, -0.05) is 53.6 Å². The molecule has 0 aliphatic heterocycles. The van der Waals surface area contributed by atoms with E-state index >= 15 is 0 Å². The van der Waals surface area contributed by atoms with Gasteiger partial charge in [-0.2, -0.15) is 0 Å². The predicted molar refractivity (Wildman–Crippen MR) is 95.7 cm³/mol. The quantitative estimate of drug-likeness (QED) is 0.727. The zero-order valence-electron chi connectivity index (χ0n) is 13.4. The molecule has 0 atom stereocenters. The summed E-state index contributed by atoms with van der Waals surface area (Å²) in [5, 5.41) is 7.00. The van der Waals surface area contributed by atoms with Gasteiger partial charge in [-0.15, -0.1) is 0 Å². The molecule has 2 aromatic rings. The first-order valence-electron chi connectivity index (χ1n) is 7.91. The number of rotatable bonds is 8. The summed E-state index contributed by atoms with van der Waals surface area (Å²) in [6, 6.07) is 16.0. The fourth-order valence-electron chi connectivity index (χ4n) is 2.32. The van der Waals surface area contributed by atoms with Crippen molar-refractivity contribution in [3.05, 3.63) is 70.2 Å². The molecule has 0 aliphatic rings. The molecular formula is C19H23ClN2O. The fourth-order valence-corrected chi connectivity index (χ4v) is 2.45. The number of amides is 1. The molecule has 0 aliphatic carbocycles. The first kappa shape index (κ1) is 17.5. The number of carbonyl (C=O) groups excluding carboxylic acids is 1. The summed E-state index contributed by atoms with van der Waals surface area (Å²) in [4.78, 5) is 11.8. The van der Waals surface area contributed by atoms with Gasteiger partial charge < -0.3 is 10.6 Å². The Bertz CT molecular complexity index is 626. The molecule has 122 valence electrons. The summed E-state index contributed by atoms with van der Waals surface area (Å²) in [6.45, 7) is 4.18. The second-order valence-corrected chi connectivity index (χ2v) is 6.08. The Morgan fingerprint density at radius 1 is 1.04 bits per heavy atom. The van der Waals surface area contributed by atoms with Crippen molar-refractivity contribution in [1.82, 2.24) is 10.6 Å². The lowest BCUT2D eigenvalue weighted by Gasteiger charge is -2.07. The standard InChI is InChI=1S/C19H23ClN2O/c1-15-3-2-4-17(13-15)14-22-19(23)10-12-21-11-9-16-5-7-18(20)8-6-16/h2-8,13,21H,9-12,14H2,1H3,(H,22,23). The number of aryl methyl sites for hydroxylation is 1. The van der Waals surface area contributed by atoms with E-state index in [1.165, 1.54) is 11.1 Å². The summed E-state index contributed by atoms with van der Waals surface area (Å²) in [5.41, 5.74) is 3.58. The van der Waals surface area contributed by atoms with Crippen LogP contribution in [0.3, 0.4) is 0 Å². The third kappa shape index (κ3) is 6.85. The highest BCUT2D eigenvalue weighted by Crippen LogP contribution is 2.09. The van der Waals surface area contributed by atoms with E-state index in [0.717, 1.165) is 23.6 Å². The minimum Gasteiger partial charge on any atom is -0.352 e. The molecule has 0 saturated carbocycles. The Morgan fingerprint density at radius 2 is 1.83 bits per heavy atom. The Hall–Kier alpha value is -1.84. The Morgan fingerprint density at radius 3 is 2.57 bits per heavy atom. The van der Waals surface area contributed by atoms with E-state index in [2.05, 4.69) is 29.7 Å². The van der Waals surface area contributed by atoms with Crippen LogP contribution in [0.15, 0.2) is 48.5 Å². The molecule has 2 N–H and O–H groups in total. The molecule has 3 nitrogen and oxygen atoms in total. The van der Waals surface area contributed by atoms with Gasteiger partial charge in [-0.3, -0.25) is 4.79 Å². The van der Waals surface area contributed by atoms with Gasteiger partial charge in [-0.25, -0.2) is 0 Å². The van der Waals surface area contributed by atoms with Crippen LogP contribution in [0.1, 0.15) is 23.1 Å². The number of nitrogens with one attached hydrogen (secondary N) is 2. The van der Waals surface area contributed by atoms with Gasteiger partial charge in [0.2, 0.25) is 5.91 Å². The maximum absolute atomic E-state index is 11.8. The first-order valence-corrected chi connectivity index (χ1v) is 8.29. The zero-order chi connectivity index (χ0) is 16.5. The summed E-state index contributed by atoms with van der Waals surface area (Å²) >= 11 is 5.85. The third-order valence-electron chi connectivity index (χ3n) is 3.60. The summed E-state index contributed by atoms with van der Waals surface area (Å²) in [7, 11) is 0. The highest BCUT2D eigenvalue weighted by Gasteiger charge is 2.01. The average molecular weight is 331 g/mol. The van der Waals surface area contributed by atoms with Crippen molar-refractivity contribution in [2.45, 2.75) is 26.3 Å². The summed E-state index contributed by atoms with van der Waals surface area (Å²) < 4.78 is 0. The lowest BCUT2D eigenvalue weighted by Crippen LogP contribution is -2.28. The number of carbonyl (C=O) groups is 1. The highest BCUT2D eigenvalue weighted by atomic mass is 35.5. The fraction of sp³-hybridized carbons (Fsp3) is 0.316. The monoisotopic (exact) mass is 330 g/mol. The van der Waals surface area contributed by atoms with Crippen LogP contribution in [0.5, 0.6) is 0 Å². The van der Waals surface area contributed by atoms with E-state index in [-0.39, 0.29) is 5.91 Å². The second-order valence-electron chi connectivity index (χ2n) is 5.64. The van der Waals surface area contributed by atoms with Gasteiger partial charge in [0.25, 0.3) is 0 Å². The molecule has 1 amide bonds. The number of halogens is 1. The molecule has 0 spiro atoms. The molecule has 2 aromatic carbocycles. The number of hydrogen-bond acceptors (Lipinski definition) is 2. The Balaban J connectivity index is 1.57. The van der Waals surface area contributed by atoms with Crippen molar-refractivity contribution in [2.75, 3.05) is 13.1 Å². The van der Waals surface area contributed by atoms with Gasteiger partial charge in [-0.05, 0) is 43.1 Å². The SMILES string of the molecule is Cc1cccc(CNC(=O)CCNCCc2ccc(Cl)cc2)c1. The predicted octanol–water partition coefficient (Wildman–Crippen LogP) is 3.49. The topological polar surface area (TPSA) is 41.1 Å². The molecular weight excluding hydrogens is 308 g/mol. The second kappa shape index (κ2) is 9.33. The van der Waals surface area contributed by atoms with Crippen molar-refractivity contribution < 1.29 is 4.79 Å². The number of benzene rings is 2. The minimum absolute atomic E-state index is 0.0745. The molecule has 23 heavy (non-hydrogen) atoms. The average Bonchev–Trinajstić information content (AvgIpc) is 2.54. The van der Waals surface area contributed by atoms with Crippen molar-refractivity contribution in [3.8, 4) is 0 Å². The molecule has 0 heterocycles. The van der Waals surface area contributed by atoms with Crippen LogP contribution in [-0.4, -0.2) is 19.0 Å². The number of hydrogen-bond donors (Lipinski definition) is 2. The lowest BCUT2D eigenvalue weighted by atomic mass is 10.1. The highest BCUT2D eigenvalue weighted by molar-refractivity contribution is 6.30. The van der Waals surface area contributed by atoms with E-state index in [1.54, 1.807) is 0 Å². The Kier molecular flexibility index (Phi) is 7.11. The van der Waals surface area contributed by atoms with Crippen LogP contribution in [0.4, 0.5) is 0 Å². The van der Waals surface area contributed by atoms with Crippen LogP contribution < -0.4 is 10.6 Å². The van der Waals surface area contributed by atoms with Crippen LogP contribution >= 0.6 is 11.6 Å². The van der Waals surface area contributed by atoms with Crippen molar-refractivity contribution >= 4 is 17.5 Å². The van der Waals surface area contributed by atoms with Crippen LogP contribution in [0.2, 0.25) is 5.02 Å². The molecule has 0 fully saturated rings. The normalized spacial score (nSPS) is 10.5. The van der Waals surface area contributed by atoms with E-state index in [9.17, 15) is 4.79 Å². The van der Waals surface area contributed by atoms with Gasteiger partial charge in [0.05, 0.1) is 0 Å². The molecule has 0 bridgehead atoms. The molecule has 2 rings (SSSR count). The molecule has 0 saturated heterocycles. The largest absolute Gasteiger partial charge is 0.352 e. The third-order valence-corrected chi connectivity index (χ3v) is 3.86. The van der Waals surface area contributed by atoms with Gasteiger partial charge in [0, 0.05) is 24.5 Å². The van der Waals surface area contributed by atoms with Gasteiger partial charge >= 0.3 is 0 Å². The van der Waals surface area contributed by atoms with Crippen LogP contribution in [-0.2, 0) is 17.8 Å². The van der Waals surface area contributed by atoms with E-state index in [1.807, 2.05) is 36.4 Å². The van der Waals surface area contributed by atoms with E-state index in [0.29, 0.717) is 19.5 Å². The smallest absolute Gasteiger partial charge is 0.221 e. The molecule has 4 heteroatoms. The maximum atomic E-state index is 11.8. The van der Waals surface area contributed by atoms with E-state index in [4.69, 9.17) is 11.6 Å². The van der Waals surface area contributed by atoms with Gasteiger partial charge in [0.15, 0.2) is 0 Å². The molecule has 0 aromatic heterocycles. The first-order chi connectivity index (χ1) is 11.1.